The first-order valence-electron chi connectivity index (χ1n) is 8.08. The second-order valence-electron chi connectivity index (χ2n) is 6.16. The van der Waals surface area contributed by atoms with Crippen LogP contribution in [0.25, 0.3) is 22.3 Å². The highest BCUT2D eigenvalue weighted by molar-refractivity contribution is 5.98. The number of nitrogens with zero attached hydrogens (tertiary/aromatic N) is 4. The Hall–Kier alpha value is -2.63. The van der Waals surface area contributed by atoms with Gasteiger partial charge in [0.15, 0.2) is 5.65 Å². The molecule has 4 rings (SSSR count). The Labute approximate surface area is 134 Å². The lowest BCUT2D eigenvalue weighted by molar-refractivity contribution is 0.336. The number of rotatable bonds is 2. The molecule has 0 saturated heterocycles. The van der Waals surface area contributed by atoms with Crippen LogP contribution in [0.1, 0.15) is 38.1 Å². The van der Waals surface area contributed by atoms with Gasteiger partial charge in [0.2, 0.25) is 0 Å². The molecule has 2 aromatic heterocycles. The number of anilines is 2. The molecule has 0 radical (unpaired) electrons. The third-order valence-electron chi connectivity index (χ3n) is 4.62. The maximum absolute atomic E-state index is 6.14. The van der Waals surface area contributed by atoms with Crippen molar-refractivity contribution < 1.29 is 0 Å². The van der Waals surface area contributed by atoms with E-state index in [9.17, 15) is 0 Å². The summed E-state index contributed by atoms with van der Waals surface area (Å²) < 4.78 is 2.05. The number of hydrogen-bond acceptors (Lipinski definition) is 5. The van der Waals surface area contributed by atoms with Crippen molar-refractivity contribution in [2.75, 3.05) is 11.5 Å². The van der Waals surface area contributed by atoms with Crippen molar-refractivity contribution in [1.29, 1.82) is 0 Å². The molecule has 1 fully saturated rings. The molecule has 0 atom stereocenters. The molecule has 6 heteroatoms. The van der Waals surface area contributed by atoms with E-state index >= 15 is 0 Å². The first kappa shape index (κ1) is 14.0. The van der Waals surface area contributed by atoms with Crippen LogP contribution in [0.4, 0.5) is 11.5 Å². The van der Waals surface area contributed by atoms with Gasteiger partial charge in [-0.1, -0.05) is 31.4 Å². The van der Waals surface area contributed by atoms with E-state index in [0.717, 1.165) is 40.8 Å². The smallest absolute Gasteiger partial charge is 0.164 e. The van der Waals surface area contributed by atoms with E-state index in [2.05, 4.69) is 14.6 Å². The van der Waals surface area contributed by atoms with Crippen LogP contribution in [0.5, 0.6) is 0 Å². The highest BCUT2D eigenvalue weighted by atomic mass is 15.3. The summed E-state index contributed by atoms with van der Waals surface area (Å²) in [5, 5.41) is 5.70. The molecule has 4 N–H and O–H groups in total. The van der Waals surface area contributed by atoms with Crippen LogP contribution in [0.2, 0.25) is 0 Å². The van der Waals surface area contributed by atoms with Crippen LogP contribution >= 0.6 is 0 Å². The van der Waals surface area contributed by atoms with Crippen molar-refractivity contribution in [2.45, 2.75) is 38.1 Å². The van der Waals surface area contributed by atoms with Gasteiger partial charge in [-0.25, -0.2) is 14.6 Å². The van der Waals surface area contributed by atoms with Gasteiger partial charge in [-0.3, -0.25) is 0 Å². The monoisotopic (exact) mass is 308 g/mol. The largest absolute Gasteiger partial charge is 0.399 e. The molecule has 118 valence electrons. The lowest BCUT2D eigenvalue weighted by atomic mass is 9.96. The molecule has 0 bridgehead atoms. The Kier molecular flexibility index (Phi) is 3.37. The summed E-state index contributed by atoms with van der Waals surface area (Å²) in [6.45, 7) is 0. The lowest BCUT2D eigenvalue weighted by Gasteiger charge is -2.22. The third kappa shape index (κ3) is 2.40. The van der Waals surface area contributed by atoms with Gasteiger partial charge < -0.3 is 11.5 Å². The van der Waals surface area contributed by atoms with E-state index in [4.69, 9.17) is 16.6 Å². The first-order valence-corrected chi connectivity index (χ1v) is 8.08. The molecule has 23 heavy (non-hydrogen) atoms. The van der Waals surface area contributed by atoms with E-state index in [1.54, 1.807) is 0 Å². The molecular weight excluding hydrogens is 288 g/mol. The lowest BCUT2D eigenvalue weighted by Crippen LogP contribution is -2.14. The molecule has 0 spiro atoms. The van der Waals surface area contributed by atoms with Gasteiger partial charge in [0.25, 0.3) is 0 Å². The Morgan fingerprint density at radius 1 is 0.957 bits per heavy atom. The fraction of sp³-hybridized carbons (Fsp3) is 0.353. The minimum Gasteiger partial charge on any atom is -0.399 e. The van der Waals surface area contributed by atoms with E-state index in [1.807, 2.05) is 24.3 Å². The van der Waals surface area contributed by atoms with Crippen LogP contribution in [0, 0.1) is 0 Å². The zero-order chi connectivity index (χ0) is 15.8. The SMILES string of the molecule is Nc1ccc(-c2nn(C3CCCCC3)c3ncnc(N)c23)cc1. The number of hydrogen-bond donors (Lipinski definition) is 2. The molecule has 1 aliphatic carbocycles. The third-order valence-corrected chi connectivity index (χ3v) is 4.62. The minimum atomic E-state index is 0.392. The zero-order valence-electron chi connectivity index (χ0n) is 12.9. The van der Waals surface area contributed by atoms with Gasteiger partial charge >= 0.3 is 0 Å². The average Bonchev–Trinajstić information content (AvgIpc) is 2.97. The Morgan fingerprint density at radius 2 is 1.70 bits per heavy atom. The van der Waals surface area contributed by atoms with Gasteiger partial charge in [0.1, 0.15) is 17.8 Å². The number of nitrogens with two attached hydrogens (primary N) is 2. The summed E-state index contributed by atoms with van der Waals surface area (Å²) in [6, 6.07) is 8.08. The van der Waals surface area contributed by atoms with Crippen LogP contribution in [0.15, 0.2) is 30.6 Å². The maximum atomic E-state index is 6.14. The van der Waals surface area contributed by atoms with Crippen molar-refractivity contribution in [3.05, 3.63) is 30.6 Å². The van der Waals surface area contributed by atoms with Crippen molar-refractivity contribution >= 4 is 22.5 Å². The molecule has 0 aliphatic heterocycles. The second kappa shape index (κ2) is 5.53. The van der Waals surface area contributed by atoms with Crippen LogP contribution in [0.3, 0.4) is 0 Å². The summed E-state index contributed by atoms with van der Waals surface area (Å²) >= 11 is 0. The minimum absolute atomic E-state index is 0.392. The Morgan fingerprint density at radius 3 is 2.43 bits per heavy atom. The predicted octanol–water partition coefficient (Wildman–Crippen LogP) is 3.16. The summed E-state index contributed by atoms with van der Waals surface area (Å²) in [5.74, 6) is 0.476. The van der Waals surface area contributed by atoms with E-state index in [0.29, 0.717) is 11.9 Å². The molecule has 1 saturated carbocycles. The summed E-state index contributed by atoms with van der Waals surface area (Å²) in [6.07, 6.45) is 7.58. The highest BCUT2D eigenvalue weighted by Gasteiger charge is 2.23. The summed E-state index contributed by atoms with van der Waals surface area (Å²) in [7, 11) is 0. The maximum Gasteiger partial charge on any atom is 0.164 e. The topological polar surface area (TPSA) is 95.6 Å². The zero-order valence-corrected chi connectivity index (χ0v) is 12.9. The molecule has 2 heterocycles. The van der Waals surface area contributed by atoms with Crippen molar-refractivity contribution in [1.82, 2.24) is 19.7 Å². The number of nitrogen functional groups attached to an aromatic ring is 2. The van der Waals surface area contributed by atoms with Crippen LogP contribution in [-0.2, 0) is 0 Å². The van der Waals surface area contributed by atoms with Crippen LogP contribution in [-0.4, -0.2) is 19.7 Å². The number of benzene rings is 1. The standard InChI is InChI=1S/C17H20N6/c18-12-8-6-11(7-9-12)15-14-16(19)20-10-21-17(14)23(22-15)13-4-2-1-3-5-13/h6-10,13H,1-5,18H2,(H2,19,20,21). The van der Waals surface area contributed by atoms with Crippen LogP contribution < -0.4 is 11.5 Å². The van der Waals surface area contributed by atoms with Gasteiger partial charge in [0.05, 0.1) is 11.4 Å². The van der Waals surface area contributed by atoms with E-state index < -0.39 is 0 Å². The fourth-order valence-corrected chi connectivity index (χ4v) is 3.42. The Bertz CT molecular complexity index is 830. The van der Waals surface area contributed by atoms with Crippen molar-refractivity contribution in [2.24, 2.45) is 0 Å². The molecule has 0 amide bonds. The highest BCUT2D eigenvalue weighted by Crippen LogP contribution is 2.35. The van der Waals surface area contributed by atoms with Gasteiger partial charge in [-0.05, 0) is 25.0 Å². The molecule has 6 nitrogen and oxygen atoms in total. The summed E-state index contributed by atoms with van der Waals surface area (Å²) in [4.78, 5) is 8.62. The van der Waals surface area contributed by atoms with Crippen molar-refractivity contribution in [3.63, 3.8) is 0 Å². The normalized spacial score (nSPS) is 16.0. The van der Waals surface area contributed by atoms with Gasteiger partial charge in [-0.2, -0.15) is 5.10 Å². The first-order chi connectivity index (χ1) is 11.2. The molecule has 1 aliphatic rings. The molecule has 1 aromatic carbocycles. The predicted molar refractivity (Wildman–Crippen MR) is 91.7 cm³/mol. The van der Waals surface area contributed by atoms with Crippen molar-refractivity contribution in [3.8, 4) is 11.3 Å². The van der Waals surface area contributed by atoms with Gasteiger partial charge in [0, 0.05) is 11.3 Å². The van der Waals surface area contributed by atoms with E-state index in [-0.39, 0.29) is 0 Å². The fourth-order valence-electron chi connectivity index (χ4n) is 3.42. The molecule has 0 unspecified atom stereocenters. The van der Waals surface area contributed by atoms with Gasteiger partial charge in [-0.15, -0.1) is 0 Å². The Balaban J connectivity index is 1.91. The number of fused-ring (bicyclic) bond motifs is 1. The van der Waals surface area contributed by atoms with E-state index in [1.165, 1.54) is 25.6 Å². The summed E-state index contributed by atoms with van der Waals surface area (Å²) in [5.41, 5.74) is 15.3. The average molecular weight is 308 g/mol. The second-order valence-corrected chi connectivity index (χ2v) is 6.16. The molecular formula is C17H20N6. The quantitative estimate of drug-likeness (QED) is 0.709. The number of aromatic nitrogens is 4. The molecule has 3 aromatic rings.